The Morgan fingerprint density at radius 1 is 1.08 bits per heavy atom. The molecule has 0 aliphatic rings. The molecule has 0 saturated carbocycles. The minimum absolute atomic E-state index is 0.0187. The molecule has 2 aromatic heterocycles. The smallest absolute Gasteiger partial charge is 0.316 e. The molecule has 0 amide bonds. The third-order valence-corrected chi connectivity index (χ3v) is 5.91. The van der Waals surface area contributed by atoms with Crippen LogP contribution in [-0.2, 0) is 5.41 Å². The first-order valence-electron chi connectivity index (χ1n) is 11.3. The van der Waals surface area contributed by atoms with Gasteiger partial charge < -0.3 is 9.47 Å². The van der Waals surface area contributed by atoms with Gasteiger partial charge in [-0.25, -0.2) is 9.97 Å². The van der Waals surface area contributed by atoms with E-state index in [0.29, 0.717) is 21.2 Å². The molecule has 0 fully saturated rings. The van der Waals surface area contributed by atoms with E-state index in [2.05, 4.69) is 31.0 Å². The summed E-state index contributed by atoms with van der Waals surface area (Å²) in [7, 11) is 1.30. The number of hydrogen-bond donors (Lipinski definition) is 0. The van der Waals surface area contributed by atoms with E-state index in [1.54, 1.807) is 18.2 Å². The van der Waals surface area contributed by atoms with E-state index >= 15 is 0 Å². The Morgan fingerprint density at radius 3 is 2.41 bits per heavy atom. The summed E-state index contributed by atoms with van der Waals surface area (Å²) in [6.07, 6.45) is 2.25. The number of hydrogen-bond acceptors (Lipinski definition) is 10. The third kappa shape index (κ3) is 5.75. The van der Waals surface area contributed by atoms with Gasteiger partial charge in [0.05, 0.1) is 34.1 Å². The van der Waals surface area contributed by atoms with Crippen molar-refractivity contribution in [1.29, 1.82) is 0 Å². The molecule has 0 aliphatic carbocycles. The van der Waals surface area contributed by atoms with E-state index in [9.17, 15) is 25.0 Å². The first kappa shape index (κ1) is 27.3. The van der Waals surface area contributed by atoms with Gasteiger partial charge in [-0.1, -0.05) is 36.7 Å². The number of halogens is 1. The molecular weight excluding hydrogens is 576 g/mol. The van der Waals surface area contributed by atoms with Crippen LogP contribution in [-0.4, -0.2) is 37.8 Å². The van der Waals surface area contributed by atoms with Gasteiger partial charge in [-0.15, -0.1) is 0 Å². The predicted octanol–water partition coefficient (Wildman–Crippen LogP) is 5.35. The van der Waals surface area contributed by atoms with Gasteiger partial charge in [-0.3, -0.25) is 25.0 Å². The van der Waals surface area contributed by atoms with E-state index in [1.807, 2.05) is 20.8 Å². The van der Waals surface area contributed by atoms with Crippen LogP contribution < -0.4 is 15.0 Å². The second-order valence-corrected chi connectivity index (χ2v) is 10.2. The number of rotatable bonds is 7. The van der Waals surface area contributed by atoms with Crippen molar-refractivity contribution in [1.82, 2.24) is 14.6 Å². The lowest BCUT2D eigenvalue weighted by atomic mass is 9.95. The Bertz CT molecular complexity index is 1690. The average molecular weight is 597 g/mol. The van der Waals surface area contributed by atoms with Crippen molar-refractivity contribution in [3.8, 4) is 17.4 Å². The summed E-state index contributed by atoms with van der Waals surface area (Å²) in [5, 5.41) is 27.5. The summed E-state index contributed by atoms with van der Waals surface area (Å²) < 4.78 is 12.8. The first-order chi connectivity index (χ1) is 18.4. The predicted molar refractivity (Wildman–Crippen MR) is 146 cm³/mol. The number of nitro benzene ring substituents is 1. The minimum Gasteiger partial charge on any atom is -0.493 e. The number of benzene rings is 2. The topological polar surface area (TPSA) is 165 Å². The van der Waals surface area contributed by atoms with Gasteiger partial charge in [0.2, 0.25) is 11.6 Å². The highest BCUT2D eigenvalue weighted by Crippen LogP contribution is 2.40. The standard InChI is InChI=1S/C25H21BrN6O7/c1-25(2,3)24-29-18-7-5-15(26)11-17(18)23(33)30(24)28-12-14-9-19(32(36)37)22(20(10-14)38-4)39-21-8-6-16(13-27-21)31(34)35/h5-13H,1-4H3. The van der Waals surface area contributed by atoms with Crippen LogP contribution in [0.3, 0.4) is 0 Å². The fourth-order valence-electron chi connectivity index (χ4n) is 3.58. The molecule has 4 rings (SSSR count). The monoisotopic (exact) mass is 596 g/mol. The van der Waals surface area contributed by atoms with E-state index in [-0.39, 0.29) is 28.6 Å². The molecule has 200 valence electrons. The minimum atomic E-state index is -0.678. The molecule has 2 heterocycles. The number of methoxy groups -OCH3 is 1. The number of pyridine rings is 1. The largest absolute Gasteiger partial charge is 0.493 e. The van der Waals surface area contributed by atoms with Crippen LogP contribution >= 0.6 is 15.9 Å². The lowest BCUT2D eigenvalue weighted by Crippen LogP contribution is -2.29. The highest BCUT2D eigenvalue weighted by atomic mass is 79.9. The number of ether oxygens (including phenoxy) is 2. The molecular formula is C25H21BrN6O7. The molecule has 2 aromatic carbocycles. The van der Waals surface area contributed by atoms with Crippen molar-refractivity contribution in [2.45, 2.75) is 26.2 Å². The van der Waals surface area contributed by atoms with Crippen molar-refractivity contribution < 1.29 is 19.3 Å². The third-order valence-electron chi connectivity index (χ3n) is 5.41. The molecule has 0 saturated heterocycles. The molecule has 4 aromatic rings. The zero-order valence-corrected chi connectivity index (χ0v) is 22.7. The van der Waals surface area contributed by atoms with Gasteiger partial charge in [0, 0.05) is 33.7 Å². The zero-order valence-electron chi connectivity index (χ0n) is 21.1. The van der Waals surface area contributed by atoms with Crippen LogP contribution in [0.5, 0.6) is 17.4 Å². The van der Waals surface area contributed by atoms with Crippen molar-refractivity contribution in [3.63, 3.8) is 0 Å². The normalized spacial score (nSPS) is 11.6. The van der Waals surface area contributed by atoms with Gasteiger partial charge in [0.1, 0.15) is 12.0 Å². The molecule has 0 bridgehead atoms. The van der Waals surface area contributed by atoms with E-state index < -0.39 is 26.5 Å². The van der Waals surface area contributed by atoms with E-state index in [4.69, 9.17) is 9.47 Å². The fourth-order valence-corrected chi connectivity index (χ4v) is 3.94. The molecule has 14 heteroatoms. The quantitative estimate of drug-likeness (QED) is 0.155. The molecule has 0 spiro atoms. The van der Waals surface area contributed by atoms with E-state index in [0.717, 1.165) is 16.9 Å². The highest BCUT2D eigenvalue weighted by Gasteiger charge is 2.25. The van der Waals surface area contributed by atoms with Crippen LogP contribution in [0.2, 0.25) is 0 Å². The van der Waals surface area contributed by atoms with Crippen LogP contribution in [0.15, 0.2) is 63.0 Å². The molecule has 0 unspecified atom stereocenters. The second kappa shape index (κ2) is 10.6. The molecule has 0 radical (unpaired) electrons. The zero-order chi connectivity index (χ0) is 28.5. The van der Waals surface area contributed by atoms with Crippen LogP contribution in [0.1, 0.15) is 32.2 Å². The van der Waals surface area contributed by atoms with Crippen molar-refractivity contribution in [2.75, 3.05) is 7.11 Å². The molecule has 13 nitrogen and oxygen atoms in total. The van der Waals surface area contributed by atoms with E-state index in [1.165, 1.54) is 31.5 Å². The summed E-state index contributed by atoms with van der Waals surface area (Å²) in [6, 6.07) is 10.2. The number of nitro groups is 2. The van der Waals surface area contributed by atoms with Crippen molar-refractivity contribution in [3.05, 3.63) is 95.1 Å². The van der Waals surface area contributed by atoms with Crippen LogP contribution in [0.4, 0.5) is 11.4 Å². The van der Waals surface area contributed by atoms with Gasteiger partial charge in [0.25, 0.3) is 11.2 Å². The second-order valence-electron chi connectivity index (χ2n) is 9.25. The molecule has 0 aliphatic heterocycles. The first-order valence-corrected chi connectivity index (χ1v) is 12.1. The summed E-state index contributed by atoms with van der Waals surface area (Å²) in [4.78, 5) is 43.3. The number of aromatic nitrogens is 3. The maximum atomic E-state index is 13.4. The molecule has 0 N–H and O–H groups in total. The Kier molecular flexibility index (Phi) is 7.40. The lowest BCUT2D eigenvalue weighted by Gasteiger charge is -2.20. The summed E-state index contributed by atoms with van der Waals surface area (Å²) in [6.45, 7) is 5.66. The van der Waals surface area contributed by atoms with Gasteiger partial charge in [-0.05, 0) is 24.3 Å². The maximum absolute atomic E-state index is 13.4. The van der Waals surface area contributed by atoms with Crippen molar-refractivity contribution in [2.24, 2.45) is 5.10 Å². The Hall–Kier alpha value is -4.72. The maximum Gasteiger partial charge on any atom is 0.316 e. The van der Waals surface area contributed by atoms with Gasteiger partial charge in [0.15, 0.2) is 5.75 Å². The lowest BCUT2D eigenvalue weighted by molar-refractivity contribution is -0.385. The van der Waals surface area contributed by atoms with Gasteiger partial charge in [-0.2, -0.15) is 9.78 Å². The SMILES string of the molecule is COc1cc(C=Nn2c(C(C)(C)C)nc3ccc(Br)cc3c2=O)cc([N+](=O)[O-])c1Oc1ccc([N+](=O)[O-])cn1. The summed E-state index contributed by atoms with van der Waals surface area (Å²) in [5.41, 5.74) is -0.956. The van der Waals surface area contributed by atoms with Gasteiger partial charge >= 0.3 is 5.69 Å². The van der Waals surface area contributed by atoms with Crippen molar-refractivity contribution >= 4 is 44.4 Å². The number of nitrogens with zero attached hydrogens (tertiary/aromatic N) is 6. The molecule has 0 atom stereocenters. The Labute approximate surface area is 229 Å². The number of fused-ring (bicyclic) bond motifs is 1. The Balaban J connectivity index is 1.81. The van der Waals surface area contributed by atoms with Crippen LogP contribution in [0.25, 0.3) is 10.9 Å². The molecule has 39 heavy (non-hydrogen) atoms. The summed E-state index contributed by atoms with van der Waals surface area (Å²) >= 11 is 3.36. The average Bonchev–Trinajstić information content (AvgIpc) is 2.88. The highest BCUT2D eigenvalue weighted by molar-refractivity contribution is 9.10. The van der Waals surface area contributed by atoms with Crippen LogP contribution in [0, 0.1) is 20.2 Å². The fraction of sp³-hybridized carbons (Fsp3) is 0.200. The Morgan fingerprint density at radius 2 is 1.82 bits per heavy atom. The summed E-state index contributed by atoms with van der Waals surface area (Å²) in [5.74, 6) is 0.00274.